The van der Waals surface area contributed by atoms with Crippen molar-refractivity contribution >= 4 is 77.0 Å². The molecule has 4 atom stereocenters. The number of anilines is 2. The summed E-state index contributed by atoms with van der Waals surface area (Å²) in [7, 11) is 0. The Hall–Kier alpha value is -6.36. The lowest BCUT2D eigenvalue weighted by Crippen LogP contribution is -2.56. The Kier molecular flexibility index (Phi) is 14.3. The molecule has 0 bridgehead atoms. The molecule has 3 unspecified atom stereocenters. The van der Waals surface area contributed by atoms with Crippen molar-refractivity contribution in [1.29, 1.82) is 0 Å². The highest BCUT2D eigenvalue weighted by Gasteiger charge is 2.30. The number of aromatic nitrogens is 4. The number of thiol groups is 1. The monoisotopic (exact) mass is 746 g/mol. The first-order valence-electron chi connectivity index (χ1n) is 15.0. The zero-order chi connectivity index (χ0) is 38.5. The van der Waals surface area contributed by atoms with E-state index in [0.717, 1.165) is 0 Å². The maximum atomic E-state index is 12.7. The fourth-order valence-electron chi connectivity index (χ4n) is 4.20. The van der Waals surface area contributed by atoms with Gasteiger partial charge in [-0.05, 0) is 30.7 Å². The Labute approximate surface area is 297 Å². The molecule has 3 rings (SSSR count). The van der Waals surface area contributed by atoms with Crippen molar-refractivity contribution in [3.63, 3.8) is 0 Å². The lowest BCUT2D eigenvalue weighted by atomic mass is 10.1. The average Bonchev–Trinajstić information content (AvgIpc) is 3.09. The second-order valence-corrected chi connectivity index (χ2v) is 11.2. The SMILES string of the molecule is Nc1nc2ncc(CNc3ccc(C(=O)N[C@@H](CCC(=O)OCC(N)C(=O)NC(CC(=O)O)C(=O)NC(CS)C(=O)O)C(=O)O)cc3)nc2c(=O)[nH]1. The summed E-state index contributed by atoms with van der Waals surface area (Å²) in [5.41, 5.74) is 11.8. The molecule has 22 nitrogen and oxygen atoms in total. The molecule has 0 saturated heterocycles. The molecule has 52 heavy (non-hydrogen) atoms. The van der Waals surface area contributed by atoms with Crippen molar-refractivity contribution in [1.82, 2.24) is 35.9 Å². The Morgan fingerprint density at radius 2 is 1.56 bits per heavy atom. The van der Waals surface area contributed by atoms with Crippen LogP contribution in [0.25, 0.3) is 11.2 Å². The van der Waals surface area contributed by atoms with Gasteiger partial charge in [-0.1, -0.05) is 0 Å². The van der Waals surface area contributed by atoms with E-state index in [9.17, 15) is 43.5 Å². The minimum Gasteiger partial charge on any atom is -0.481 e. The van der Waals surface area contributed by atoms with Gasteiger partial charge >= 0.3 is 23.9 Å². The minimum absolute atomic E-state index is 0.00325. The fourth-order valence-corrected chi connectivity index (χ4v) is 4.45. The van der Waals surface area contributed by atoms with Gasteiger partial charge in [-0.2, -0.15) is 17.6 Å². The third-order valence-electron chi connectivity index (χ3n) is 6.92. The Morgan fingerprint density at radius 1 is 0.904 bits per heavy atom. The van der Waals surface area contributed by atoms with Crippen LogP contribution in [-0.2, 0) is 40.0 Å². The molecule has 2 heterocycles. The first-order valence-corrected chi connectivity index (χ1v) is 15.7. The van der Waals surface area contributed by atoms with Gasteiger partial charge in [0.2, 0.25) is 17.8 Å². The summed E-state index contributed by atoms with van der Waals surface area (Å²) in [6.45, 7) is -0.595. The zero-order valence-electron chi connectivity index (χ0n) is 26.9. The number of H-pyrrole nitrogens is 1. The third kappa shape index (κ3) is 11.9. The smallest absolute Gasteiger partial charge is 0.327 e. The summed E-state index contributed by atoms with van der Waals surface area (Å²) < 4.78 is 4.91. The second kappa shape index (κ2) is 18.6. The molecule has 12 N–H and O–H groups in total. The van der Waals surface area contributed by atoms with Crippen molar-refractivity contribution in [3.8, 4) is 0 Å². The number of nitrogens with zero attached hydrogens (tertiary/aromatic N) is 3. The van der Waals surface area contributed by atoms with Crippen LogP contribution in [0.4, 0.5) is 11.6 Å². The van der Waals surface area contributed by atoms with E-state index in [0.29, 0.717) is 11.4 Å². The van der Waals surface area contributed by atoms with Crippen LogP contribution in [0.15, 0.2) is 35.3 Å². The number of amides is 3. The summed E-state index contributed by atoms with van der Waals surface area (Å²) in [5.74, 6) is -8.80. The number of aliphatic carboxylic acids is 3. The van der Waals surface area contributed by atoms with Gasteiger partial charge in [-0.3, -0.25) is 33.8 Å². The van der Waals surface area contributed by atoms with Crippen LogP contribution < -0.4 is 38.3 Å². The molecule has 0 saturated carbocycles. The summed E-state index contributed by atoms with van der Waals surface area (Å²) in [4.78, 5) is 111. The largest absolute Gasteiger partial charge is 0.481 e. The topological polar surface area (TPSA) is 361 Å². The number of carbonyl (C=O) groups is 7. The lowest BCUT2D eigenvalue weighted by Gasteiger charge is -2.21. The van der Waals surface area contributed by atoms with Gasteiger partial charge in [-0.25, -0.2) is 19.6 Å². The predicted molar refractivity (Wildman–Crippen MR) is 181 cm³/mol. The molecular formula is C29H34N10O12S. The summed E-state index contributed by atoms with van der Waals surface area (Å²) in [6, 6.07) is -0.406. The van der Waals surface area contributed by atoms with E-state index in [2.05, 4.69) is 48.5 Å². The van der Waals surface area contributed by atoms with Crippen molar-refractivity contribution < 1.29 is 53.6 Å². The number of nitrogens with one attached hydrogen (secondary N) is 5. The first kappa shape index (κ1) is 40.1. The Bertz CT molecular complexity index is 1890. The maximum absolute atomic E-state index is 12.7. The van der Waals surface area contributed by atoms with E-state index in [1.807, 2.05) is 5.32 Å². The van der Waals surface area contributed by atoms with Crippen molar-refractivity contribution in [2.45, 2.75) is 50.0 Å². The highest BCUT2D eigenvalue weighted by atomic mass is 32.1. The Morgan fingerprint density at radius 3 is 2.17 bits per heavy atom. The molecule has 278 valence electrons. The number of nitrogen functional groups attached to an aromatic ring is 1. The van der Waals surface area contributed by atoms with Gasteiger partial charge in [-0.15, -0.1) is 0 Å². The molecule has 0 radical (unpaired) electrons. The van der Waals surface area contributed by atoms with Crippen LogP contribution in [0.2, 0.25) is 0 Å². The number of nitrogens with two attached hydrogens (primary N) is 2. The number of carboxylic acid groups (broad SMARTS) is 3. The van der Waals surface area contributed by atoms with Gasteiger partial charge in [0, 0.05) is 23.4 Å². The number of hydrogen-bond acceptors (Lipinski definition) is 16. The maximum Gasteiger partial charge on any atom is 0.327 e. The van der Waals surface area contributed by atoms with Crippen molar-refractivity contribution in [2.24, 2.45) is 5.73 Å². The van der Waals surface area contributed by atoms with Crippen LogP contribution in [0, 0.1) is 0 Å². The number of esters is 1. The number of fused-ring (bicyclic) bond motifs is 1. The fraction of sp³-hybridized carbons (Fsp3) is 0.345. The quantitative estimate of drug-likeness (QED) is 0.0436. The number of benzene rings is 1. The minimum atomic E-state index is -1.72. The van der Waals surface area contributed by atoms with E-state index < -0.39 is 97.2 Å². The molecule has 3 amide bonds. The van der Waals surface area contributed by atoms with Crippen LogP contribution >= 0.6 is 12.6 Å². The highest BCUT2D eigenvalue weighted by Crippen LogP contribution is 2.13. The number of ether oxygens (including phenoxy) is 1. The number of carboxylic acids is 3. The van der Waals surface area contributed by atoms with E-state index in [4.69, 9.17) is 26.4 Å². The van der Waals surface area contributed by atoms with Crippen molar-refractivity contribution in [2.75, 3.05) is 23.4 Å². The molecule has 0 fully saturated rings. The second-order valence-electron chi connectivity index (χ2n) is 10.8. The predicted octanol–water partition coefficient (Wildman–Crippen LogP) is -2.80. The van der Waals surface area contributed by atoms with Crippen LogP contribution in [-0.4, -0.2) is 113 Å². The van der Waals surface area contributed by atoms with Crippen molar-refractivity contribution in [3.05, 3.63) is 52.1 Å². The summed E-state index contributed by atoms with van der Waals surface area (Å²) >= 11 is 3.78. The first-order chi connectivity index (χ1) is 24.6. The van der Waals surface area contributed by atoms with E-state index in [1.165, 1.54) is 30.5 Å². The Balaban J connectivity index is 1.47. The molecule has 0 spiro atoms. The van der Waals surface area contributed by atoms with E-state index in [1.54, 1.807) is 0 Å². The van der Waals surface area contributed by atoms with E-state index >= 15 is 0 Å². The molecule has 2 aromatic heterocycles. The number of hydrogen-bond donors (Lipinski definition) is 11. The normalized spacial score (nSPS) is 13.1. The lowest BCUT2D eigenvalue weighted by molar-refractivity contribution is -0.146. The average molecular weight is 747 g/mol. The molecule has 23 heteroatoms. The molecule has 1 aromatic carbocycles. The van der Waals surface area contributed by atoms with Gasteiger partial charge in [0.25, 0.3) is 11.5 Å². The van der Waals surface area contributed by atoms with Gasteiger partial charge in [0.05, 0.1) is 24.9 Å². The van der Waals surface area contributed by atoms with Crippen LogP contribution in [0.1, 0.15) is 35.3 Å². The zero-order valence-corrected chi connectivity index (χ0v) is 27.8. The summed E-state index contributed by atoms with van der Waals surface area (Å²) in [5, 5.41) is 37.1. The molecule has 3 aromatic rings. The molecular weight excluding hydrogens is 712 g/mol. The molecule has 0 aliphatic heterocycles. The summed E-state index contributed by atoms with van der Waals surface area (Å²) in [6.07, 6.45) is -0.445. The van der Waals surface area contributed by atoms with Gasteiger partial charge in [0.15, 0.2) is 11.2 Å². The number of aromatic amines is 1. The van der Waals surface area contributed by atoms with E-state index in [-0.39, 0.29) is 35.0 Å². The van der Waals surface area contributed by atoms with Crippen LogP contribution in [0.3, 0.4) is 0 Å². The number of rotatable bonds is 19. The molecule has 0 aliphatic carbocycles. The van der Waals surface area contributed by atoms with Gasteiger partial charge < -0.3 is 52.8 Å². The third-order valence-corrected chi connectivity index (χ3v) is 7.28. The molecule has 0 aliphatic rings. The van der Waals surface area contributed by atoms with Gasteiger partial charge in [0.1, 0.15) is 30.8 Å². The van der Waals surface area contributed by atoms with Crippen LogP contribution in [0.5, 0.6) is 0 Å². The standard InChI is InChI=1S/C29H34N10O12S/c30-15(24(44)36-17(7-19(40)41)25(45)37-18(11-52)28(49)50)10-51-20(42)6-5-16(27(47)48)35-23(43)12-1-3-13(4-2-12)32-8-14-9-33-22-21(34-14)26(46)39-29(31)38-22/h1-4,9,15-18,32,52H,5-8,10-11,30H2,(H,35,43)(H,36,44)(H,37,45)(H,40,41)(H,47,48)(H,49,50)(H3,31,33,38,39,46)/t15?,16-,17?,18?/m0/s1. The number of carbonyl (C=O) groups excluding carboxylic acids is 4. The highest BCUT2D eigenvalue weighted by molar-refractivity contribution is 7.80.